The van der Waals surface area contributed by atoms with Crippen molar-refractivity contribution in [3.63, 3.8) is 0 Å². The molecule has 0 aliphatic rings. The largest absolute Gasteiger partial charge is 0.359 e. The van der Waals surface area contributed by atoms with Gasteiger partial charge in [0.05, 0.1) is 0 Å². The Morgan fingerprint density at radius 2 is 1.00 bits per heavy atom. The Labute approximate surface area is 74.0 Å². The Hall–Kier alpha value is -1.32. The first-order valence-corrected chi connectivity index (χ1v) is 3.41. The van der Waals surface area contributed by atoms with Crippen LogP contribution >= 0.6 is 0 Å². The standard InChI is InChI=1S/2C3H7NO.C2H4/c2*1-3(5)4-2;1-2/h2*1-2H3,(H,4,5);1-2H2. The number of carbonyl (C=O) groups excluding carboxylic acids is 2. The van der Waals surface area contributed by atoms with Gasteiger partial charge < -0.3 is 10.6 Å². The molecule has 0 spiro atoms. The number of hydrogen-bond donors (Lipinski definition) is 2. The summed E-state index contributed by atoms with van der Waals surface area (Å²) in [4.78, 5) is 19.4. The van der Waals surface area contributed by atoms with Crippen molar-refractivity contribution in [2.75, 3.05) is 14.1 Å². The molecule has 0 radical (unpaired) electrons. The van der Waals surface area contributed by atoms with Crippen LogP contribution in [0.25, 0.3) is 0 Å². The first-order valence-electron chi connectivity index (χ1n) is 3.41. The Morgan fingerprint density at radius 1 is 0.917 bits per heavy atom. The summed E-state index contributed by atoms with van der Waals surface area (Å²) in [5, 5.41) is 4.78. The molecule has 0 saturated carbocycles. The molecule has 0 aliphatic carbocycles. The predicted octanol–water partition coefficient (Wildman–Crippen LogP) is 0.307. The quantitative estimate of drug-likeness (QED) is 0.519. The van der Waals surface area contributed by atoms with E-state index in [1.807, 2.05) is 0 Å². The van der Waals surface area contributed by atoms with E-state index in [2.05, 4.69) is 23.8 Å². The average molecular weight is 174 g/mol. The molecule has 0 aliphatic heterocycles. The Morgan fingerprint density at radius 3 is 1.00 bits per heavy atom. The number of nitrogens with one attached hydrogen (secondary N) is 2. The lowest BCUT2D eigenvalue weighted by molar-refractivity contribution is -0.119. The lowest BCUT2D eigenvalue weighted by Gasteiger charge is -1.80. The van der Waals surface area contributed by atoms with Crippen molar-refractivity contribution >= 4 is 11.8 Å². The van der Waals surface area contributed by atoms with Crippen LogP contribution in [0.5, 0.6) is 0 Å². The molecular formula is C8H18N2O2. The van der Waals surface area contributed by atoms with E-state index in [0.29, 0.717) is 0 Å². The number of carbonyl (C=O) groups is 2. The minimum atomic E-state index is 0.00463. The van der Waals surface area contributed by atoms with Crippen molar-refractivity contribution in [1.82, 2.24) is 10.6 Å². The van der Waals surface area contributed by atoms with Crippen LogP contribution in [-0.4, -0.2) is 25.9 Å². The summed E-state index contributed by atoms with van der Waals surface area (Å²) in [6.45, 7) is 8.94. The third kappa shape index (κ3) is 71.3. The van der Waals surface area contributed by atoms with Crippen LogP contribution in [0.15, 0.2) is 13.2 Å². The molecular weight excluding hydrogens is 156 g/mol. The second kappa shape index (κ2) is 16.3. The van der Waals surface area contributed by atoms with Crippen LogP contribution in [0.4, 0.5) is 0 Å². The zero-order chi connectivity index (χ0) is 10.6. The van der Waals surface area contributed by atoms with E-state index in [-0.39, 0.29) is 11.8 Å². The SMILES string of the molecule is C=C.CNC(C)=O.CNC(C)=O. The molecule has 72 valence electrons. The van der Waals surface area contributed by atoms with E-state index in [0.717, 1.165) is 0 Å². The summed E-state index contributed by atoms with van der Waals surface area (Å²) in [7, 11) is 3.20. The smallest absolute Gasteiger partial charge is 0.216 e. The first kappa shape index (κ1) is 17.0. The second-order valence-corrected chi connectivity index (χ2v) is 1.61. The summed E-state index contributed by atoms with van der Waals surface area (Å²) >= 11 is 0. The highest BCUT2D eigenvalue weighted by atomic mass is 16.1. The third-order valence-corrected chi connectivity index (χ3v) is 0.704. The molecule has 0 saturated heterocycles. The number of amides is 2. The number of rotatable bonds is 0. The molecule has 0 fully saturated rings. The molecule has 2 amide bonds. The van der Waals surface area contributed by atoms with E-state index in [1.54, 1.807) is 14.1 Å². The van der Waals surface area contributed by atoms with Crippen LogP contribution in [0.1, 0.15) is 13.8 Å². The van der Waals surface area contributed by atoms with E-state index in [4.69, 9.17) is 0 Å². The molecule has 0 aromatic heterocycles. The molecule has 0 bridgehead atoms. The van der Waals surface area contributed by atoms with Crippen molar-refractivity contribution < 1.29 is 9.59 Å². The van der Waals surface area contributed by atoms with Gasteiger partial charge >= 0.3 is 0 Å². The van der Waals surface area contributed by atoms with Crippen molar-refractivity contribution in [3.8, 4) is 0 Å². The zero-order valence-electron chi connectivity index (χ0n) is 8.23. The molecule has 0 rings (SSSR count). The Bertz CT molecular complexity index is 110. The van der Waals surface area contributed by atoms with Gasteiger partial charge in [0.2, 0.25) is 11.8 Å². The summed E-state index contributed by atoms with van der Waals surface area (Å²) in [6.07, 6.45) is 0. The highest BCUT2D eigenvalue weighted by Crippen LogP contribution is 1.45. The fourth-order valence-corrected chi connectivity index (χ4v) is 0. The van der Waals surface area contributed by atoms with Gasteiger partial charge in [-0.05, 0) is 0 Å². The van der Waals surface area contributed by atoms with Gasteiger partial charge in [0.1, 0.15) is 0 Å². The number of hydrogen-bond acceptors (Lipinski definition) is 2. The summed E-state index contributed by atoms with van der Waals surface area (Å²) in [5.41, 5.74) is 0. The summed E-state index contributed by atoms with van der Waals surface area (Å²) in [5.74, 6) is 0.00926. The van der Waals surface area contributed by atoms with Crippen LogP contribution in [0.2, 0.25) is 0 Å². The molecule has 2 N–H and O–H groups in total. The van der Waals surface area contributed by atoms with Crippen molar-refractivity contribution in [2.24, 2.45) is 0 Å². The maximum atomic E-state index is 9.70. The van der Waals surface area contributed by atoms with Crippen LogP contribution in [0.3, 0.4) is 0 Å². The summed E-state index contributed by atoms with van der Waals surface area (Å²) in [6, 6.07) is 0. The van der Waals surface area contributed by atoms with Crippen LogP contribution in [0, 0.1) is 0 Å². The Kier molecular flexibility index (Phi) is 23.1. The minimum absolute atomic E-state index is 0.00463. The highest BCUT2D eigenvalue weighted by Gasteiger charge is 1.73. The topological polar surface area (TPSA) is 58.2 Å². The maximum absolute atomic E-state index is 9.70. The van der Waals surface area contributed by atoms with E-state index in [9.17, 15) is 9.59 Å². The lowest BCUT2D eigenvalue weighted by Crippen LogP contribution is -2.11. The second-order valence-electron chi connectivity index (χ2n) is 1.61. The highest BCUT2D eigenvalue weighted by molar-refractivity contribution is 5.72. The zero-order valence-corrected chi connectivity index (χ0v) is 8.23. The molecule has 4 nitrogen and oxygen atoms in total. The van der Waals surface area contributed by atoms with E-state index < -0.39 is 0 Å². The van der Waals surface area contributed by atoms with Crippen LogP contribution < -0.4 is 10.6 Å². The van der Waals surface area contributed by atoms with Gasteiger partial charge in [-0.2, -0.15) is 0 Å². The lowest BCUT2D eigenvalue weighted by atomic mass is 10.7. The van der Waals surface area contributed by atoms with Gasteiger partial charge in [0, 0.05) is 27.9 Å². The normalized spacial score (nSPS) is 6.00. The fourth-order valence-electron chi connectivity index (χ4n) is 0. The molecule has 0 heterocycles. The van der Waals surface area contributed by atoms with Crippen LogP contribution in [-0.2, 0) is 9.59 Å². The van der Waals surface area contributed by atoms with Gasteiger partial charge in [-0.15, -0.1) is 13.2 Å². The molecule has 0 aromatic rings. The molecule has 0 unspecified atom stereocenters. The van der Waals surface area contributed by atoms with E-state index >= 15 is 0 Å². The third-order valence-electron chi connectivity index (χ3n) is 0.704. The predicted molar refractivity (Wildman–Crippen MR) is 50.7 cm³/mol. The van der Waals surface area contributed by atoms with Gasteiger partial charge in [-0.1, -0.05) is 0 Å². The van der Waals surface area contributed by atoms with Gasteiger partial charge in [-0.3, -0.25) is 9.59 Å². The van der Waals surface area contributed by atoms with Crippen molar-refractivity contribution in [1.29, 1.82) is 0 Å². The van der Waals surface area contributed by atoms with Gasteiger partial charge in [0.25, 0.3) is 0 Å². The van der Waals surface area contributed by atoms with Gasteiger partial charge in [0.15, 0.2) is 0 Å². The average Bonchev–Trinajstić information content (AvgIpc) is 2.09. The molecule has 12 heavy (non-hydrogen) atoms. The molecule has 0 atom stereocenters. The first-order chi connectivity index (χ1) is 5.54. The van der Waals surface area contributed by atoms with Crippen molar-refractivity contribution in [3.05, 3.63) is 13.2 Å². The molecule has 4 heteroatoms. The van der Waals surface area contributed by atoms with Gasteiger partial charge in [-0.25, -0.2) is 0 Å². The Balaban J connectivity index is -0.000000112. The summed E-state index contributed by atoms with van der Waals surface area (Å²) < 4.78 is 0. The fraction of sp³-hybridized carbons (Fsp3) is 0.500. The van der Waals surface area contributed by atoms with Crippen molar-refractivity contribution in [2.45, 2.75) is 13.8 Å². The van der Waals surface area contributed by atoms with E-state index in [1.165, 1.54) is 13.8 Å². The monoisotopic (exact) mass is 174 g/mol. The molecule has 0 aromatic carbocycles. The maximum Gasteiger partial charge on any atom is 0.216 e. The minimum Gasteiger partial charge on any atom is -0.359 e.